The van der Waals surface area contributed by atoms with Crippen LogP contribution in [0.5, 0.6) is 0 Å². The molecule has 50 heavy (non-hydrogen) atoms. The fourth-order valence-corrected chi connectivity index (χ4v) is 5.16. The van der Waals surface area contributed by atoms with E-state index in [1.165, 1.54) is 12.1 Å². The van der Waals surface area contributed by atoms with Crippen LogP contribution in [0.15, 0.2) is 146 Å². The summed E-state index contributed by atoms with van der Waals surface area (Å²) < 4.78 is 31.5. The topological polar surface area (TPSA) is 113 Å². The molecule has 8 aromatic rings. The first-order valence-corrected chi connectivity index (χ1v) is 15.6. The van der Waals surface area contributed by atoms with E-state index < -0.39 is 0 Å². The van der Waals surface area contributed by atoms with Crippen molar-refractivity contribution >= 4 is 0 Å². The quantitative estimate of drug-likeness (QED) is 0.168. The fourth-order valence-electron chi connectivity index (χ4n) is 5.16. The molecule has 0 bridgehead atoms. The van der Waals surface area contributed by atoms with Gasteiger partial charge in [0.15, 0.2) is 11.6 Å². The molecule has 0 saturated carbocycles. The number of halogens is 2. The molecule has 6 aromatic heterocycles. The average Bonchev–Trinajstić information content (AvgIpc) is 3.80. The highest BCUT2D eigenvalue weighted by molar-refractivity contribution is 5.63. The van der Waals surface area contributed by atoms with Gasteiger partial charge in [-0.1, -0.05) is 48.5 Å². The normalized spacial score (nSPS) is 10.8. The third kappa shape index (κ3) is 7.34. The molecule has 6 heterocycles. The number of rotatable bonds is 8. The molecular formula is C38H28F2N10. The van der Waals surface area contributed by atoms with E-state index in [2.05, 4.69) is 40.1 Å². The Hall–Kier alpha value is -6.82. The lowest BCUT2D eigenvalue weighted by Crippen LogP contribution is -2.06. The summed E-state index contributed by atoms with van der Waals surface area (Å²) in [4.78, 5) is 25.8. The Balaban J connectivity index is 0.000000157. The van der Waals surface area contributed by atoms with Crippen LogP contribution in [0.2, 0.25) is 0 Å². The van der Waals surface area contributed by atoms with Gasteiger partial charge in [-0.2, -0.15) is 10.2 Å². The van der Waals surface area contributed by atoms with Gasteiger partial charge in [0.05, 0.1) is 30.2 Å². The van der Waals surface area contributed by atoms with Crippen molar-refractivity contribution in [2.24, 2.45) is 0 Å². The first-order chi connectivity index (χ1) is 24.6. The Kier molecular flexibility index (Phi) is 9.49. The van der Waals surface area contributed by atoms with Gasteiger partial charge in [0, 0.05) is 48.3 Å². The Morgan fingerprint density at radius 2 is 0.860 bits per heavy atom. The number of benzene rings is 2. The zero-order chi connectivity index (χ0) is 34.1. The SMILES string of the molecule is Fc1ccccc1Cn1nc(-c2ccccn2)cc1-c1ncccn1.Fc1ccccc1Cn1nc(-c2ncccn2)cc1-c1ccccn1. The van der Waals surface area contributed by atoms with Gasteiger partial charge in [-0.25, -0.2) is 28.7 Å². The van der Waals surface area contributed by atoms with Crippen molar-refractivity contribution in [3.63, 3.8) is 0 Å². The zero-order valence-electron chi connectivity index (χ0n) is 26.5. The predicted octanol–water partition coefficient (Wildman–Crippen LogP) is 7.18. The van der Waals surface area contributed by atoms with E-state index in [1.54, 1.807) is 89.0 Å². The fraction of sp³-hybridized carbons (Fsp3) is 0.0526. The second kappa shape index (κ2) is 14.9. The van der Waals surface area contributed by atoms with Crippen molar-refractivity contribution in [2.75, 3.05) is 0 Å². The molecule has 12 heteroatoms. The smallest absolute Gasteiger partial charge is 0.180 e. The number of aromatic nitrogens is 10. The third-order valence-electron chi connectivity index (χ3n) is 7.56. The van der Waals surface area contributed by atoms with Gasteiger partial charge in [0.2, 0.25) is 0 Å². The summed E-state index contributed by atoms with van der Waals surface area (Å²) in [6, 6.07) is 31.9. The molecule has 0 amide bonds. The third-order valence-corrected chi connectivity index (χ3v) is 7.56. The van der Waals surface area contributed by atoms with Crippen LogP contribution >= 0.6 is 0 Å². The van der Waals surface area contributed by atoms with Gasteiger partial charge in [-0.3, -0.25) is 19.3 Å². The Labute approximate surface area is 285 Å². The predicted molar refractivity (Wildman–Crippen MR) is 184 cm³/mol. The number of hydrogen-bond acceptors (Lipinski definition) is 8. The lowest BCUT2D eigenvalue weighted by molar-refractivity contribution is 0.586. The molecule has 0 aliphatic rings. The molecule has 0 spiro atoms. The molecule has 0 aliphatic heterocycles. The van der Waals surface area contributed by atoms with Gasteiger partial charge in [-0.05, 0) is 60.7 Å². The molecule has 0 atom stereocenters. The maximum atomic E-state index is 14.1. The largest absolute Gasteiger partial charge is 0.258 e. The maximum Gasteiger partial charge on any atom is 0.180 e. The van der Waals surface area contributed by atoms with Crippen molar-refractivity contribution in [1.29, 1.82) is 0 Å². The van der Waals surface area contributed by atoms with Crippen LogP contribution in [0.1, 0.15) is 11.1 Å². The molecule has 0 unspecified atom stereocenters. The lowest BCUT2D eigenvalue weighted by Gasteiger charge is -2.08. The molecule has 8 rings (SSSR count). The Morgan fingerprint density at radius 3 is 1.42 bits per heavy atom. The molecule has 0 aliphatic carbocycles. The maximum absolute atomic E-state index is 14.1. The van der Waals surface area contributed by atoms with E-state index in [1.807, 2.05) is 54.6 Å². The molecule has 0 N–H and O–H groups in total. The summed E-state index contributed by atoms with van der Waals surface area (Å²) in [5, 5.41) is 9.18. The van der Waals surface area contributed by atoms with Crippen LogP contribution < -0.4 is 0 Å². The summed E-state index contributed by atoms with van der Waals surface area (Å²) in [7, 11) is 0. The first kappa shape index (κ1) is 31.8. The first-order valence-electron chi connectivity index (χ1n) is 15.6. The average molecular weight is 663 g/mol. The minimum atomic E-state index is -0.266. The highest BCUT2D eigenvalue weighted by Crippen LogP contribution is 2.25. The minimum absolute atomic E-state index is 0.262. The van der Waals surface area contributed by atoms with Crippen LogP contribution in [0.4, 0.5) is 8.78 Å². The van der Waals surface area contributed by atoms with E-state index >= 15 is 0 Å². The van der Waals surface area contributed by atoms with Crippen LogP contribution in [-0.4, -0.2) is 49.5 Å². The molecule has 10 nitrogen and oxygen atoms in total. The molecule has 2 aromatic carbocycles. The van der Waals surface area contributed by atoms with Crippen LogP contribution in [0, 0.1) is 11.6 Å². The summed E-state index contributed by atoms with van der Waals surface area (Å²) in [5.74, 6) is 0.528. The van der Waals surface area contributed by atoms with E-state index in [0.29, 0.717) is 46.4 Å². The van der Waals surface area contributed by atoms with Gasteiger partial charge in [-0.15, -0.1) is 0 Å². The van der Waals surface area contributed by atoms with E-state index in [0.717, 1.165) is 17.1 Å². The van der Waals surface area contributed by atoms with E-state index in [9.17, 15) is 8.78 Å². The minimum Gasteiger partial charge on any atom is -0.258 e. The summed E-state index contributed by atoms with van der Waals surface area (Å²) in [6.07, 6.45) is 10.1. The monoisotopic (exact) mass is 662 g/mol. The van der Waals surface area contributed by atoms with Gasteiger partial charge >= 0.3 is 0 Å². The van der Waals surface area contributed by atoms with Gasteiger partial charge in [0.25, 0.3) is 0 Å². The molecule has 0 radical (unpaired) electrons. The molecule has 0 saturated heterocycles. The standard InChI is InChI=1S/2C19H14FN5/c20-15-7-2-1-6-14(15)13-25-18(16-8-3-4-9-21-16)12-17(24-25)19-22-10-5-11-23-19;20-15-7-2-1-6-14(15)13-25-18(19-22-10-5-11-23-19)12-17(24-25)16-8-3-4-9-21-16/h2*1-12H,13H2. The van der Waals surface area contributed by atoms with Crippen molar-refractivity contribution in [3.05, 3.63) is 169 Å². The van der Waals surface area contributed by atoms with E-state index in [4.69, 9.17) is 0 Å². The van der Waals surface area contributed by atoms with Crippen molar-refractivity contribution in [3.8, 4) is 45.8 Å². The van der Waals surface area contributed by atoms with Crippen molar-refractivity contribution in [1.82, 2.24) is 49.5 Å². The summed E-state index contributed by atoms with van der Waals surface area (Å²) >= 11 is 0. The number of nitrogens with zero attached hydrogens (tertiary/aromatic N) is 10. The number of pyridine rings is 2. The van der Waals surface area contributed by atoms with Crippen molar-refractivity contribution < 1.29 is 8.78 Å². The van der Waals surface area contributed by atoms with Crippen LogP contribution in [0.25, 0.3) is 45.8 Å². The van der Waals surface area contributed by atoms with Crippen LogP contribution in [-0.2, 0) is 13.1 Å². The van der Waals surface area contributed by atoms with Crippen LogP contribution in [0.3, 0.4) is 0 Å². The highest BCUT2D eigenvalue weighted by Gasteiger charge is 2.17. The van der Waals surface area contributed by atoms with E-state index in [-0.39, 0.29) is 18.2 Å². The Morgan fingerprint density at radius 1 is 0.400 bits per heavy atom. The lowest BCUT2D eigenvalue weighted by atomic mass is 10.2. The summed E-state index contributed by atoms with van der Waals surface area (Å²) in [5.41, 5.74) is 5.42. The molecule has 0 fully saturated rings. The second-order valence-corrected chi connectivity index (χ2v) is 10.9. The molecule has 244 valence electrons. The molecular weight excluding hydrogens is 634 g/mol. The Bertz CT molecular complexity index is 2130. The number of hydrogen-bond donors (Lipinski definition) is 0. The zero-order valence-corrected chi connectivity index (χ0v) is 26.5. The van der Waals surface area contributed by atoms with Crippen molar-refractivity contribution in [2.45, 2.75) is 13.1 Å². The van der Waals surface area contributed by atoms with Gasteiger partial charge in [0.1, 0.15) is 28.7 Å². The highest BCUT2D eigenvalue weighted by atomic mass is 19.1. The second-order valence-electron chi connectivity index (χ2n) is 10.9. The van der Waals surface area contributed by atoms with Gasteiger partial charge < -0.3 is 0 Å². The summed E-state index contributed by atoms with van der Waals surface area (Å²) in [6.45, 7) is 0.582.